The summed E-state index contributed by atoms with van der Waals surface area (Å²) in [6, 6.07) is 20.9. The molecule has 1 amide bonds. The van der Waals surface area contributed by atoms with Crippen molar-refractivity contribution in [1.82, 2.24) is 15.3 Å². The monoisotopic (exact) mass is 447 g/mol. The van der Waals surface area contributed by atoms with E-state index in [2.05, 4.69) is 10.3 Å². The van der Waals surface area contributed by atoms with Gasteiger partial charge in [-0.15, -0.1) is 11.3 Å². The van der Waals surface area contributed by atoms with Crippen LogP contribution < -0.4 is 5.32 Å². The number of thioether (sulfide) groups is 1. The molecular formula is C24H21N3O2S2. The molecule has 2 aromatic carbocycles. The number of thiophene rings is 1. The fourth-order valence-corrected chi connectivity index (χ4v) is 4.68. The number of Topliss-reactive ketones (excluding diaryl/α,β-unsaturated/α-hetero) is 1. The number of ketones is 1. The van der Waals surface area contributed by atoms with Crippen LogP contribution in [0.25, 0.3) is 21.6 Å². The molecule has 156 valence electrons. The van der Waals surface area contributed by atoms with E-state index in [1.54, 1.807) is 11.3 Å². The van der Waals surface area contributed by atoms with Crippen LogP contribution in [-0.4, -0.2) is 33.5 Å². The van der Waals surface area contributed by atoms with E-state index in [1.165, 1.54) is 18.7 Å². The summed E-state index contributed by atoms with van der Waals surface area (Å²) in [4.78, 5) is 35.1. The number of hydrogen-bond acceptors (Lipinski definition) is 6. The summed E-state index contributed by atoms with van der Waals surface area (Å²) in [6.45, 7) is 1.51. The maximum atomic E-state index is 12.6. The SMILES string of the molecule is CC(=O)C(Cc1ccccc1)NC(=O)CSc1nc(-c2cccs2)nc2ccccc12. The van der Waals surface area contributed by atoms with Crippen LogP contribution >= 0.6 is 23.1 Å². The number of aromatic nitrogens is 2. The molecule has 0 spiro atoms. The highest BCUT2D eigenvalue weighted by Gasteiger charge is 2.18. The maximum Gasteiger partial charge on any atom is 0.231 e. The Kier molecular flexibility index (Phi) is 6.74. The largest absolute Gasteiger partial charge is 0.345 e. The number of amides is 1. The Hall–Kier alpha value is -3.03. The van der Waals surface area contributed by atoms with E-state index in [9.17, 15) is 9.59 Å². The molecule has 31 heavy (non-hydrogen) atoms. The minimum atomic E-state index is -0.542. The van der Waals surface area contributed by atoms with Crippen LogP contribution in [0.15, 0.2) is 77.1 Å². The van der Waals surface area contributed by atoms with Gasteiger partial charge in [-0.2, -0.15) is 0 Å². The first-order valence-corrected chi connectivity index (χ1v) is 11.7. The van der Waals surface area contributed by atoms with E-state index < -0.39 is 6.04 Å². The lowest BCUT2D eigenvalue weighted by molar-refractivity contribution is -0.125. The van der Waals surface area contributed by atoms with Gasteiger partial charge in [-0.3, -0.25) is 9.59 Å². The average molecular weight is 448 g/mol. The van der Waals surface area contributed by atoms with Crippen LogP contribution in [0, 0.1) is 0 Å². The molecule has 5 nitrogen and oxygen atoms in total. The predicted octanol–water partition coefficient (Wildman–Crippen LogP) is 4.77. The van der Waals surface area contributed by atoms with Crippen molar-refractivity contribution in [3.8, 4) is 10.7 Å². The zero-order valence-electron chi connectivity index (χ0n) is 16.9. The van der Waals surface area contributed by atoms with E-state index in [0.29, 0.717) is 12.2 Å². The number of rotatable bonds is 8. The Labute approximate surface area is 188 Å². The molecule has 0 radical (unpaired) electrons. The van der Waals surface area contributed by atoms with Crippen molar-refractivity contribution in [2.75, 3.05) is 5.75 Å². The van der Waals surface area contributed by atoms with Crippen molar-refractivity contribution in [3.05, 3.63) is 77.7 Å². The lowest BCUT2D eigenvalue weighted by Crippen LogP contribution is -2.42. The van der Waals surface area contributed by atoms with Gasteiger partial charge >= 0.3 is 0 Å². The van der Waals surface area contributed by atoms with Gasteiger partial charge in [-0.1, -0.05) is 66.4 Å². The molecule has 0 saturated carbocycles. The third kappa shape index (κ3) is 5.37. The van der Waals surface area contributed by atoms with E-state index >= 15 is 0 Å². The van der Waals surface area contributed by atoms with Gasteiger partial charge in [-0.05, 0) is 36.4 Å². The Morgan fingerprint density at radius 3 is 2.52 bits per heavy atom. The normalized spacial score (nSPS) is 11.9. The molecule has 1 N–H and O–H groups in total. The van der Waals surface area contributed by atoms with E-state index in [0.717, 1.165) is 26.4 Å². The van der Waals surface area contributed by atoms with Crippen LogP contribution in [0.4, 0.5) is 0 Å². The summed E-state index contributed by atoms with van der Waals surface area (Å²) >= 11 is 2.94. The summed E-state index contributed by atoms with van der Waals surface area (Å²) in [7, 11) is 0. The number of nitrogens with zero attached hydrogens (tertiary/aromatic N) is 2. The first kappa shape index (κ1) is 21.2. The number of fused-ring (bicyclic) bond motifs is 1. The number of hydrogen-bond donors (Lipinski definition) is 1. The first-order chi connectivity index (χ1) is 15.1. The third-order valence-corrected chi connectivity index (χ3v) is 6.62. The molecule has 1 atom stereocenters. The third-order valence-electron chi connectivity index (χ3n) is 4.76. The fraction of sp³-hybridized carbons (Fsp3) is 0.167. The Morgan fingerprint density at radius 1 is 1.00 bits per heavy atom. The van der Waals surface area contributed by atoms with Gasteiger partial charge < -0.3 is 5.32 Å². The van der Waals surface area contributed by atoms with E-state index in [-0.39, 0.29) is 17.4 Å². The van der Waals surface area contributed by atoms with Crippen molar-refractivity contribution < 1.29 is 9.59 Å². The quantitative estimate of drug-likeness (QED) is 0.311. The molecule has 2 aromatic heterocycles. The Balaban J connectivity index is 1.49. The van der Waals surface area contributed by atoms with Crippen LogP contribution in [0.3, 0.4) is 0 Å². The second-order valence-corrected chi connectivity index (χ2v) is 8.97. The van der Waals surface area contributed by atoms with Crippen molar-refractivity contribution in [1.29, 1.82) is 0 Å². The van der Waals surface area contributed by atoms with Crippen molar-refractivity contribution in [2.24, 2.45) is 0 Å². The number of carbonyl (C=O) groups is 2. The zero-order valence-corrected chi connectivity index (χ0v) is 18.6. The minimum absolute atomic E-state index is 0.0605. The molecule has 7 heteroatoms. The van der Waals surface area contributed by atoms with Gasteiger partial charge in [0.05, 0.1) is 22.2 Å². The highest BCUT2D eigenvalue weighted by Crippen LogP contribution is 2.29. The van der Waals surface area contributed by atoms with Crippen LogP contribution in [0.5, 0.6) is 0 Å². The predicted molar refractivity (Wildman–Crippen MR) is 126 cm³/mol. The average Bonchev–Trinajstić information content (AvgIpc) is 3.32. The smallest absolute Gasteiger partial charge is 0.231 e. The van der Waals surface area contributed by atoms with Gasteiger partial charge in [0, 0.05) is 5.39 Å². The van der Waals surface area contributed by atoms with Gasteiger partial charge in [0.2, 0.25) is 5.91 Å². The fourth-order valence-electron chi connectivity index (χ4n) is 3.19. The lowest BCUT2D eigenvalue weighted by Gasteiger charge is -2.16. The summed E-state index contributed by atoms with van der Waals surface area (Å²) in [5, 5.41) is 6.53. The molecule has 0 saturated heterocycles. The lowest BCUT2D eigenvalue weighted by atomic mass is 10.0. The second-order valence-electron chi connectivity index (χ2n) is 7.06. The molecular weight excluding hydrogens is 426 g/mol. The summed E-state index contributed by atoms with van der Waals surface area (Å²) in [5.74, 6) is 0.571. The molecule has 0 aliphatic heterocycles. The number of nitrogens with one attached hydrogen (secondary N) is 1. The van der Waals surface area contributed by atoms with Crippen LogP contribution in [-0.2, 0) is 16.0 Å². The van der Waals surface area contributed by atoms with Crippen molar-refractivity contribution in [3.63, 3.8) is 0 Å². The Bertz CT molecular complexity index is 1190. The molecule has 0 aliphatic carbocycles. The number of carbonyl (C=O) groups excluding carboxylic acids is 2. The van der Waals surface area contributed by atoms with Gasteiger partial charge in [0.25, 0.3) is 0 Å². The zero-order chi connectivity index (χ0) is 21.6. The van der Waals surface area contributed by atoms with E-state index in [1.807, 2.05) is 72.1 Å². The molecule has 1 unspecified atom stereocenters. The summed E-state index contributed by atoms with van der Waals surface area (Å²) in [6.07, 6.45) is 0.478. The summed E-state index contributed by atoms with van der Waals surface area (Å²) < 4.78 is 0. The van der Waals surface area contributed by atoms with Gasteiger partial charge in [0.1, 0.15) is 5.03 Å². The Morgan fingerprint density at radius 2 is 1.77 bits per heavy atom. The minimum Gasteiger partial charge on any atom is -0.345 e. The molecule has 4 rings (SSSR count). The molecule has 0 aliphatic rings. The molecule has 0 bridgehead atoms. The van der Waals surface area contributed by atoms with E-state index in [4.69, 9.17) is 4.98 Å². The molecule has 0 fully saturated rings. The molecule has 2 heterocycles. The standard InChI is InChI=1S/C24H21N3O2S2/c1-16(28)20(14-17-8-3-2-4-9-17)25-22(29)15-31-24-18-10-5-6-11-19(18)26-23(27-24)21-12-7-13-30-21/h2-13,20H,14-15H2,1H3,(H,25,29). The summed E-state index contributed by atoms with van der Waals surface area (Å²) in [5.41, 5.74) is 1.85. The van der Waals surface area contributed by atoms with Gasteiger partial charge in [0.15, 0.2) is 11.6 Å². The molecule has 4 aromatic rings. The first-order valence-electron chi connectivity index (χ1n) is 9.87. The van der Waals surface area contributed by atoms with Crippen molar-refractivity contribution in [2.45, 2.75) is 24.4 Å². The topological polar surface area (TPSA) is 72.0 Å². The highest BCUT2D eigenvalue weighted by molar-refractivity contribution is 8.00. The van der Waals surface area contributed by atoms with Crippen LogP contribution in [0.1, 0.15) is 12.5 Å². The second kappa shape index (κ2) is 9.85. The van der Waals surface area contributed by atoms with Gasteiger partial charge in [-0.25, -0.2) is 9.97 Å². The number of benzene rings is 2. The number of para-hydroxylation sites is 1. The maximum absolute atomic E-state index is 12.6. The highest BCUT2D eigenvalue weighted by atomic mass is 32.2. The van der Waals surface area contributed by atoms with Crippen LogP contribution in [0.2, 0.25) is 0 Å². The van der Waals surface area contributed by atoms with Crippen molar-refractivity contribution >= 4 is 45.7 Å².